The Kier molecular flexibility index (Phi) is 3.70. The van der Waals surface area contributed by atoms with Crippen LogP contribution in [0.5, 0.6) is 0 Å². The SMILES string of the molecule is O=c1[nH]c(S(=O)(=O)O)nc2c1ncn2[C@@H]1O[C@H](CO)[C@H](O)C1O. The van der Waals surface area contributed by atoms with Crippen molar-refractivity contribution < 1.29 is 33.0 Å². The highest BCUT2D eigenvalue weighted by atomic mass is 32.2. The third kappa shape index (κ3) is 2.52. The summed E-state index contributed by atoms with van der Waals surface area (Å²) in [6.07, 6.45) is -4.14. The maximum absolute atomic E-state index is 11.8. The topological polar surface area (TPSA) is 188 Å². The first kappa shape index (κ1) is 16.0. The number of aromatic amines is 1. The van der Waals surface area contributed by atoms with E-state index in [-0.39, 0.29) is 11.2 Å². The fraction of sp³-hybridized carbons (Fsp3) is 0.500. The van der Waals surface area contributed by atoms with Gasteiger partial charge in [-0.15, -0.1) is 0 Å². The molecular weight excluding hydrogens is 336 g/mol. The molecule has 0 spiro atoms. The van der Waals surface area contributed by atoms with Crippen molar-refractivity contribution in [3.05, 3.63) is 16.7 Å². The lowest BCUT2D eigenvalue weighted by Gasteiger charge is -2.16. The van der Waals surface area contributed by atoms with Crippen LogP contribution in [-0.2, 0) is 14.9 Å². The summed E-state index contributed by atoms with van der Waals surface area (Å²) in [7, 11) is -4.78. The molecule has 1 saturated heterocycles. The number of aromatic nitrogens is 4. The zero-order chi connectivity index (χ0) is 16.9. The molecule has 2 aromatic rings. The molecule has 0 radical (unpaired) electrons. The van der Waals surface area contributed by atoms with Crippen molar-refractivity contribution >= 4 is 21.3 Å². The van der Waals surface area contributed by atoms with Gasteiger partial charge in [0.2, 0.25) is 0 Å². The third-order valence-corrected chi connectivity index (χ3v) is 4.13. The number of ether oxygens (including phenoxy) is 1. The second kappa shape index (κ2) is 5.33. The van der Waals surface area contributed by atoms with Crippen LogP contribution >= 0.6 is 0 Å². The van der Waals surface area contributed by atoms with Crippen molar-refractivity contribution in [2.45, 2.75) is 29.7 Å². The van der Waals surface area contributed by atoms with E-state index >= 15 is 0 Å². The third-order valence-electron chi connectivity index (χ3n) is 3.45. The zero-order valence-electron chi connectivity index (χ0n) is 11.3. The van der Waals surface area contributed by atoms with Crippen LogP contribution in [0.2, 0.25) is 0 Å². The Balaban J connectivity index is 2.16. The number of H-pyrrole nitrogens is 1. The van der Waals surface area contributed by atoms with E-state index in [1.165, 1.54) is 0 Å². The van der Waals surface area contributed by atoms with Gasteiger partial charge in [0.1, 0.15) is 18.3 Å². The Bertz CT molecular complexity index is 905. The molecule has 0 aliphatic carbocycles. The number of nitrogens with zero attached hydrogens (tertiary/aromatic N) is 3. The summed E-state index contributed by atoms with van der Waals surface area (Å²) >= 11 is 0. The highest BCUT2D eigenvalue weighted by Gasteiger charge is 2.44. The Labute approximate surface area is 127 Å². The highest BCUT2D eigenvalue weighted by molar-refractivity contribution is 7.85. The van der Waals surface area contributed by atoms with Crippen molar-refractivity contribution in [2.24, 2.45) is 0 Å². The molecule has 13 heteroatoms. The molecule has 2 aromatic heterocycles. The van der Waals surface area contributed by atoms with E-state index in [4.69, 9.17) is 14.4 Å². The van der Waals surface area contributed by atoms with Gasteiger partial charge in [0.25, 0.3) is 10.7 Å². The summed E-state index contributed by atoms with van der Waals surface area (Å²) in [5.41, 5.74) is -1.46. The fourth-order valence-corrected chi connectivity index (χ4v) is 2.75. The van der Waals surface area contributed by atoms with Gasteiger partial charge in [-0.3, -0.25) is 18.9 Å². The summed E-state index contributed by atoms with van der Waals surface area (Å²) in [6.45, 7) is -0.564. The average molecular weight is 348 g/mol. The van der Waals surface area contributed by atoms with Gasteiger partial charge in [-0.25, -0.2) is 4.98 Å². The quantitative estimate of drug-likeness (QED) is 0.282. The average Bonchev–Trinajstić information content (AvgIpc) is 3.01. The molecule has 0 bridgehead atoms. The summed E-state index contributed by atoms with van der Waals surface area (Å²) in [5.74, 6) is 0. The Morgan fingerprint density at radius 3 is 2.61 bits per heavy atom. The molecule has 12 nitrogen and oxygen atoms in total. The molecule has 0 amide bonds. The van der Waals surface area contributed by atoms with Gasteiger partial charge < -0.3 is 20.1 Å². The molecule has 1 fully saturated rings. The number of hydrogen-bond donors (Lipinski definition) is 5. The summed E-state index contributed by atoms with van der Waals surface area (Å²) < 4.78 is 37.6. The van der Waals surface area contributed by atoms with E-state index in [9.17, 15) is 23.4 Å². The smallest absolute Gasteiger partial charge is 0.328 e. The molecule has 0 aromatic carbocycles. The summed E-state index contributed by atoms with van der Waals surface area (Å²) in [5, 5.41) is 27.8. The molecule has 5 N–H and O–H groups in total. The first-order valence-electron chi connectivity index (χ1n) is 6.31. The van der Waals surface area contributed by atoms with Crippen LogP contribution in [0.4, 0.5) is 0 Å². The Morgan fingerprint density at radius 2 is 2.04 bits per heavy atom. The van der Waals surface area contributed by atoms with Crippen molar-refractivity contribution in [3.63, 3.8) is 0 Å². The fourth-order valence-electron chi connectivity index (χ4n) is 2.32. The highest BCUT2D eigenvalue weighted by Crippen LogP contribution is 2.30. The van der Waals surface area contributed by atoms with Crippen molar-refractivity contribution in [1.29, 1.82) is 0 Å². The van der Waals surface area contributed by atoms with Crippen molar-refractivity contribution in [3.8, 4) is 0 Å². The predicted molar refractivity (Wildman–Crippen MR) is 71.0 cm³/mol. The molecule has 1 aliphatic heterocycles. The van der Waals surface area contributed by atoms with Gasteiger partial charge in [-0.05, 0) is 0 Å². The van der Waals surface area contributed by atoms with Crippen molar-refractivity contribution in [1.82, 2.24) is 19.5 Å². The number of fused-ring (bicyclic) bond motifs is 1. The van der Waals surface area contributed by atoms with Crippen LogP contribution in [0.25, 0.3) is 11.2 Å². The van der Waals surface area contributed by atoms with Crippen LogP contribution in [0.1, 0.15) is 6.23 Å². The van der Waals surface area contributed by atoms with Gasteiger partial charge in [0.15, 0.2) is 17.4 Å². The molecule has 4 atom stereocenters. The van der Waals surface area contributed by atoms with Crippen LogP contribution in [0.15, 0.2) is 16.3 Å². The zero-order valence-corrected chi connectivity index (χ0v) is 12.1. The lowest BCUT2D eigenvalue weighted by Crippen LogP contribution is -2.33. The van der Waals surface area contributed by atoms with Gasteiger partial charge in [-0.2, -0.15) is 13.4 Å². The van der Waals surface area contributed by atoms with Crippen LogP contribution in [-0.4, -0.2) is 72.7 Å². The maximum atomic E-state index is 11.8. The van der Waals surface area contributed by atoms with E-state index in [0.717, 1.165) is 10.9 Å². The minimum Gasteiger partial charge on any atom is -0.394 e. The second-order valence-corrected chi connectivity index (χ2v) is 6.24. The molecule has 3 rings (SSSR count). The lowest BCUT2D eigenvalue weighted by molar-refractivity contribution is -0.0511. The molecule has 3 heterocycles. The molecule has 1 unspecified atom stereocenters. The van der Waals surface area contributed by atoms with Gasteiger partial charge in [-0.1, -0.05) is 0 Å². The van der Waals surface area contributed by atoms with Gasteiger partial charge in [0, 0.05) is 0 Å². The van der Waals surface area contributed by atoms with Gasteiger partial charge >= 0.3 is 10.1 Å². The van der Waals surface area contributed by atoms with Crippen LogP contribution in [0, 0.1) is 0 Å². The molecule has 1 aliphatic rings. The van der Waals surface area contributed by atoms with E-state index < -0.39 is 52.0 Å². The number of aliphatic hydroxyl groups is 3. The minimum absolute atomic E-state index is 0.255. The van der Waals surface area contributed by atoms with E-state index in [0.29, 0.717) is 0 Å². The maximum Gasteiger partial charge on any atom is 0.328 e. The first-order valence-corrected chi connectivity index (χ1v) is 7.75. The number of rotatable bonds is 3. The Morgan fingerprint density at radius 1 is 1.35 bits per heavy atom. The number of aliphatic hydroxyl groups excluding tert-OH is 3. The predicted octanol–water partition coefficient (Wildman–Crippen LogP) is -3.02. The molecule has 126 valence electrons. The number of imidazole rings is 1. The summed E-state index contributed by atoms with van der Waals surface area (Å²) in [4.78, 5) is 21.0. The second-order valence-electron chi connectivity index (χ2n) is 4.90. The van der Waals surface area contributed by atoms with Crippen LogP contribution in [0.3, 0.4) is 0 Å². The molecular formula is C10H12N4O8S. The van der Waals surface area contributed by atoms with Gasteiger partial charge in [0.05, 0.1) is 12.9 Å². The van der Waals surface area contributed by atoms with E-state index in [1.54, 1.807) is 0 Å². The first-order chi connectivity index (χ1) is 10.7. The van der Waals surface area contributed by atoms with Crippen molar-refractivity contribution in [2.75, 3.05) is 6.61 Å². The van der Waals surface area contributed by atoms with E-state index in [2.05, 4.69) is 9.97 Å². The monoisotopic (exact) mass is 348 g/mol. The molecule has 23 heavy (non-hydrogen) atoms. The molecule has 0 saturated carbocycles. The lowest BCUT2D eigenvalue weighted by atomic mass is 10.1. The largest absolute Gasteiger partial charge is 0.394 e. The standard InChI is InChI=1S/C10H12N4O8S/c15-1-3-5(16)6(17)9(22-3)14-2-11-4-7(14)12-10(13-8(4)18)23(19,20)21/h2-3,5-6,9,15-17H,1H2,(H,12,13,18)(H,19,20,21)/t3-,5+,6?,9-/m1/s1. The normalized spacial score (nSPS) is 28.5. The minimum atomic E-state index is -4.78. The van der Waals surface area contributed by atoms with E-state index in [1.807, 2.05) is 4.98 Å². The summed E-state index contributed by atoms with van der Waals surface area (Å²) in [6, 6.07) is 0. The number of nitrogens with one attached hydrogen (secondary N) is 1. The Hall–Kier alpha value is -1.90. The van der Waals surface area contributed by atoms with Crippen LogP contribution < -0.4 is 5.56 Å². The number of hydrogen-bond acceptors (Lipinski definition) is 9.